The van der Waals surface area contributed by atoms with Gasteiger partial charge in [-0.05, 0) is 42.4 Å². The molecule has 0 radical (unpaired) electrons. The number of fused-ring (bicyclic) bond motifs is 1. The number of hydrogen-bond donors (Lipinski definition) is 0. The zero-order valence-corrected chi connectivity index (χ0v) is 20.5. The highest BCUT2D eigenvalue weighted by atomic mass is 35.5. The van der Waals surface area contributed by atoms with Gasteiger partial charge in [0.1, 0.15) is 11.9 Å². The fourth-order valence-corrected chi connectivity index (χ4v) is 5.89. The zero-order chi connectivity index (χ0) is 24.7. The summed E-state index contributed by atoms with van der Waals surface area (Å²) in [7, 11) is 0. The summed E-state index contributed by atoms with van der Waals surface area (Å²) >= 11 is 7.98. The maximum absolute atomic E-state index is 13.9. The van der Waals surface area contributed by atoms with Crippen LogP contribution in [0.25, 0.3) is 5.57 Å². The van der Waals surface area contributed by atoms with E-state index in [0.29, 0.717) is 34.6 Å². The summed E-state index contributed by atoms with van der Waals surface area (Å²) < 4.78 is 41.4. The van der Waals surface area contributed by atoms with Crippen molar-refractivity contribution in [2.75, 3.05) is 6.54 Å². The van der Waals surface area contributed by atoms with Crippen molar-refractivity contribution in [3.05, 3.63) is 87.5 Å². The molecule has 0 amide bonds. The van der Waals surface area contributed by atoms with Gasteiger partial charge in [-0.2, -0.15) is 13.9 Å². The van der Waals surface area contributed by atoms with E-state index in [-0.39, 0.29) is 10.4 Å². The Morgan fingerprint density at radius 1 is 1.37 bits per heavy atom. The third kappa shape index (κ3) is 4.21. The minimum atomic E-state index is -2.77. The lowest BCUT2D eigenvalue weighted by atomic mass is 9.79. The normalized spacial score (nSPS) is 22.1. The molecular weight excluding hydrogens is 495 g/mol. The van der Waals surface area contributed by atoms with Gasteiger partial charge in [-0.1, -0.05) is 30.7 Å². The van der Waals surface area contributed by atoms with Gasteiger partial charge in [0.15, 0.2) is 10.8 Å². The summed E-state index contributed by atoms with van der Waals surface area (Å²) in [5, 5.41) is 6.73. The predicted octanol–water partition coefficient (Wildman–Crippen LogP) is 7.12. The number of halogens is 4. The van der Waals surface area contributed by atoms with Gasteiger partial charge in [-0.25, -0.2) is 14.1 Å². The van der Waals surface area contributed by atoms with Crippen LogP contribution in [0.4, 0.5) is 13.2 Å². The summed E-state index contributed by atoms with van der Waals surface area (Å²) in [5.74, 6) is 0.238. The van der Waals surface area contributed by atoms with Gasteiger partial charge < -0.3 is 4.90 Å². The van der Waals surface area contributed by atoms with E-state index in [4.69, 9.17) is 16.6 Å². The van der Waals surface area contributed by atoms with Crippen LogP contribution in [-0.4, -0.2) is 32.0 Å². The predicted molar refractivity (Wildman–Crippen MR) is 132 cm³/mol. The quantitative estimate of drug-likeness (QED) is 0.313. The molecule has 1 fully saturated rings. The van der Waals surface area contributed by atoms with E-state index in [9.17, 15) is 13.2 Å². The molecule has 2 aliphatic rings. The lowest BCUT2D eigenvalue weighted by molar-refractivity contribution is 0.0566. The summed E-state index contributed by atoms with van der Waals surface area (Å²) in [6.45, 7) is 4.03. The SMILES string of the molecule is C=CC[C@]1(CC)CC2=C(c3cnn(C(F)F)c3)[C@H](c3ccc(F)cc3Cl)N=C(c3nccs3)N2C1. The molecule has 3 aromatic rings. The molecule has 0 saturated carbocycles. The fourth-order valence-electron chi connectivity index (χ4n) is 4.98. The summed E-state index contributed by atoms with van der Waals surface area (Å²) in [5.41, 5.74) is 2.73. The first-order valence-corrected chi connectivity index (χ1v) is 12.5. The van der Waals surface area contributed by atoms with E-state index in [1.54, 1.807) is 12.3 Å². The third-order valence-corrected chi connectivity index (χ3v) is 7.87. The molecule has 35 heavy (non-hydrogen) atoms. The largest absolute Gasteiger partial charge is 0.333 e. The second kappa shape index (κ2) is 9.28. The average Bonchev–Trinajstić information content (AvgIpc) is 3.58. The number of thiazole rings is 1. The number of nitrogens with zero attached hydrogens (tertiary/aromatic N) is 5. The van der Waals surface area contributed by atoms with Crippen LogP contribution in [0, 0.1) is 11.2 Å². The Hall–Kier alpha value is -2.91. The van der Waals surface area contributed by atoms with Crippen LogP contribution >= 0.6 is 22.9 Å². The Bertz CT molecular complexity index is 1320. The standard InChI is InChI=1S/C25H23ClF3N5S/c1-3-7-25(4-2)11-19-20(15-12-31-34(13-15)24(28)29)21(17-6-5-16(27)10-18(17)26)32-22(33(19)14-25)23-30-8-9-35-23/h3,5-6,8-10,12-13,21,24H,1,4,7,11,14H2,2H3/t21-,25+/m0/s1. The Balaban J connectivity index is 1.76. The first-order chi connectivity index (χ1) is 16.9. The van der Waals surface area contributed by atoms with Crippen LogP contribution in [0.15, 0.2) is 65.5 Å². The number of hydrogen-bond acceptors (Lipinski definition) is 5. The van der Waals surface area contributed by atoms with Crippen molar-refractivity contribution in [3.63, 3.8) is 0 Å². The van der Waals surface area contributed by atoms with Crippen molar-refractivity contribution >= 4 is 34.3 Å². The number of aromatic nitrogens is 3. The summed E-state index contributed by atoms with van der Waals surface area (Å²) in [6.07, 6.45) is 8.80. The molecule has 0 bridgehead atoms. The van der Waals surface area contributed by atoms with Gasteiger partial charge in [-0.3, -0.25) is 4.99 Å². The summed E-state index contributed by atoms with van der Waals surface area (Å²) in [4.78, 5) is 11.7. The number of allylic oxidation sites excluding steroid dienone is 2. The van der Waals surface area contributed by atoms with Gasteiger partial charge in [0.2, 0.25) is 0 Å². The van der Waals surface area contributed by atoms with Crippen molar-refractivity contribution in [1.82, 2.24) is 19.7 Å². The van der Waals surface area contributed by atoms with Crippen LogP contribution in [0.2, 0.25) is 5.02 Å². The van der Waals surface area contributed by atoms with Crippen molar-refractivity contribution in [1.29, 1.82) is 0 Å². The molecule has 1 saturated heterocycles. The minimum Gasteiger partial charge on any atom is -0.327 e. The van der Waals surface area contributed by atoms with Crippen LogP contribution in [0.5, 0.6) is 0 Å². The molecule has 0 aliphatic carbocycles. The Labute approximate surface area is 210 Å². The van der Waals surface area contributed by atoms with Crippen molar-refractivity contribution in [2.45, 2.75) is 38.8 Å². The van der Waals surface area contributed by atoms with Crippen molar-refractivity contribution in [2.24, 2.45) is 10.4 Å². The molecular formula is C25H23ClF3N5S. The zero-order valence-electron chi connectivity index (χ0n) is 19.0. The van der Waals surface area contributed by atoms with E-state index in [2.05, 4.69) is 28.5 Å². The van der Waals surface area contributed by atoms with Crippen LogP contribution < -0.4 is 0 Å². The molecule has 0 unspecified atom stereocenters. The highest BCUT2D eigenvalue weighted by Crippen LogP contribution is 2.52. The number of amidine groups is 1. The van der Waals surface area contributed by atoms with Crippen LogP contribution in [-0.2, 0) is 0 Å². The highest BCUT2D eigenvalue weighted by Gasteiger charge is 2.46. The molecule has 4 heterocycles. The molecule has 2 aliphatic heterocycles. The number of alkyl halides is 2. The Morgan fingerprint density at radius 3 is 2.83 bits per heavy atom. The minimum absolute atomic E-state index is 0.0967. The van der Waals surface area contributed by atoms with E-state index >= 15 is 0 Å². The topological polar surface area (TPSA) is 46.3 Å². The lowest BCUT2D eigenvalue weighted by Gasteiger charge is -2.33. The van der Waals surface area contributed by atoms with Crippen molar-refractivity contribution in [3.8, 4) is 0 Å². The third-order valence-electron chi connectivity index (χ3n) is 6.77. The molecule has 182 valence electrons. The molecule has 5 nitrogen and oxygen atoms in total. The van der Waals surface area contributed by atoms with E-state index in [0.717, 1.165) is 29.1 Å². The van der Waals surface area contributed by atoms with Crippen LogP contribution in [0.1, 0.15) is 54.9 Å². The number of benzene rings is 1. The highest BCUT2D eigenvalue weighted by molar-refractivity contribution is 7.11. The molecule has 0 spiro atoms. The lowest BCUT2D eigenvalue weighted by Crippen LogP contribution is -2.35. The molecule has 5 rings (SSSR count). The Kier molecular flexibility index (Phi) is 6.31. The van der Waals surface area contributed by atoms with Gasteiger partial charge in [0.05, 0.1) is 6.20 Å². The van der Waals surface area contributed by atoms with Gasteiger partial charge in [-0.15, -0.1) is 17.9 Å². The average molecular weight is 518 g/mol. The molecule has 0 N–H and O–H groups in total. The Morgan fingerprint density at radius 2 is 2.20 bits per heavy atom. The maximum atomic E-state index is 13.9. The van der Waals surface area contributed by atoms with E-state index < -0.39 is 18.4 Å². The molecule has 10 heteroatoms. The van der Waals surface area contributed by atoms with Gasteiger partial charge in [0.25, 0.3) is 0 Å². The first-order valence-electron chi connectivity index (χ1n) is 11.2. The fraction of sp³-hybridized carbons (Fsp3) is 0.320. The monoisotopic (exact) mass is 517 g/mol. The molecule has 1 aromatic carbocycles. The second-order valence-electron chi connectivity index (χ2n) is 8.81. The second-order valence-corrected chi connectivity index (χ2v) is 10.1. The van der Waals surface area contributed by atoms with E-state index in [1.807, 2.05) is 11.5 Å². The number of rotatable bonds is 7. The summed E-state index contributed by atoms with van der Waals surface area (Å²) in [6, 6.07) is 3.54. The molecule has 2 aromatic heterocycles. The number of aliphatic imine (C=N–C) groups is 1. The van der Waals surface area contributed by atoms with Gasteiger partial charge in [0, 0.05) is 46.2 Å². The maximum Gasteiger partial charge on any atom is 0.333 e. The van der Waals surface area contributed by atoms with Gasteiger partial charge >= 0.3 is 6.55 Å². The molecule has 2 atom stereocenters. The van der Waals surface area contributed by atoms with E-state index in [1.165, 1.54) is 35.9 Å². The van der Waals surface area contributed by atoms with Crippen LogP contribution in [0.3, 0.4) is 0 Å². The smallest absolute Gasteiger partial charge is 0.327 e. The first kappa shape index (κ1) is 23.8. The van der Waals surface area contributed by atoms with Crippen molar-refractivity contribution < 1.29 is 13.2 Å².